The van der Waals surface area contributed by atoms with Crippen molar-refractivity contribution in [3.05, 3.63) is 71.1 Å². The standard InChI is InChI=1S/C30H40ClFN2O2.C4H9NO2.C2H6/c1-6-10-25(21(2)3)17-18-29(33-22(4)27-11-8-7-9-12-28(31)30(27)32)34(20-36)23(5)26-15-13-24(19-35)14-16-26;1-5-3-2-4(6)7;1-2/h7-9,12-16,19-21,23,25,28-29H,6,10-11,17-18H2,1-5H3;5H,2-3H2,1H3,(H,6,7);1-2H3/b8-7-,12-9?,30-27-,33-22+;;/t23-,25?,28?,29?;;/m1../s1. The molecule has 1 aliphatic rings. The second-order valence-corrected chi connectivity index (χ2v) is 11.5. The monoisotopic (exact) mass is 647 g/mol. The van der Waals surface area contributed by atoms with Gasteiger partial charge >= 0.3 is 5.97 Å². The van der Waals surface area contributed by atoms with Crippen molar-refractivity contribution < 1.29 is 23.9 Å². The maximum atomic E-state index is 15.2. The highest BCUT2D eigenvalue weighted by molar-refractivity contribution is 6.24. The molecule has 0 spiro atoms. The number of aldehydes is 1. The van der Waals surface area contributed by atoms with Crippen molar-refractivity contribution in [2.24, 2.45) is 16.8 Å². The molecule has 1 aliphatic carbocycles. The van der Waals surface area contributed by atoms with Gasteiger partial charge in [-0.3, -0.25) is 19.4 Å². The summed E-state index contributed by atoms with van der Waals surface area (Å²) < 4.78 is 15.2. The van der Waals surface area contributed by atoms with Crippen LogP contribution in [0, 0.1) is 11.8 Å². The van der Waals surface area contributed by atoms with Crippen LogP contribution in [0.25, 0.3) is 0 Å². The van der Waals surface area contributed by atoms with Crippen LogP contribution < -0.4 is 5.32 Å². The second-order valence-electron chi connectivity index (χ2n) is 11.1. The summed E-state index contributed by atoms with van der Waals surface area (Å²) in [4.78, 5) is 39.9. The molecule has 0 heterocycles. The van der Waals surface area contributed by atoms with Crippen LogP contribution in [0.15, 0.2) is 65.0 Å². The molecule has 0 aliphatic heterocycles. The van der Waals surface area contributed by atoms with Gasteiger partial charge in [0, 0.05) is 23.4 Å². The Morgan fingerprint density at radius 1 is 1.13 bits per heavy atom. The third kappa shape index (κ3) is 15.6. The fourth-order valence-corrected chi connectivity index (χ4v) is 5.11. The first-order chi connectivity index (χ1) is 21.5. The van der Waals surface area contributed by atoms with Crippen LogP contribution in [0.5, 0.6) is 0 Å². The lowest BCUT2D eigenvalue weighted by molar-refractivity contribution is -0.136. The third-order valence-electron chi connectivity index (χ3n) is 7.61. The van der Waals surface area contributed by atoms with Gasteiger partial charge in [0.1, 0.15) is 23.7 Å². The maximum absolute atomic E-state index is 15.2. The Bertz CT molecular complexity index is 1130. The molecule has 0 saturated carbocycles. The van der Waals surface area contributed by atoms with Gasteiger partial charge in [0.2, 0.25) is 6.41 Å². The van der Waals surface area contributed by atoms with E-state index in [0.29, 0.717) is 48.1 Å². The molecular weight excluding hydrogens is 593 g/mol. The molecule has 7 nitrogen and oxygen atoms in total. The van der Waals surface area contributed by atoms with Crippen molar-refractivity contribution in [3.63, 3.8) is 0 Å². The van der Waals surface area contributed by atoms with Crippen LogP contribution in [0.3, 0.4) is 0 Å². The van der Waals surface area contributed by atoms with E-state index in [4.69, 9.17) is 21.7 Å². The first-order valence-corrected chi connectivity index (χ1v) is 16.5. The predicted molar refractivity (Wildman–Crippen MR) is 186 cm³/mol. The van der Waals surface area contributed by atoms with Gasteiger partial charge < -0.3 is 15.3 Å². The number of alkyl halides is 1. The van der Waals surface area contributed by atoms with Crippen molar-refractivity contribution in [2.75, 3.05) is 13.6 Å². The van der Waals surface area contributed by atoms with E-state index in [9.17, 15) is 14.4 Å². The molecule has 0 fully saturated rings. The summed E-state index contributed by atoms with van der Waals surface area (Å²) in [5, 5.41) is 9.88. The van der Waals surface area contributed by atoms with Crippen molar-refractivity contribution in [1.82, 2.24) is 10.2 Å². The smallest absolute Gasteiger partial charge is 0.304 e. The van der Waals surface area contributed by atoms with E-state index >= 15 is 4.39 Å². The Balaban J connectivity index is 0.00000189. The van der Waals surface area contributed by atoms with Crippen LogP contribution >= 0.6 is 11.6 Å². The van der Waals surface area contributed by atoms with E-state index in [1.807, 2.05) is 45.1 Å². The summed E-state index contributed by atoms with van der Waals surface area (Å²) in [6.07, 6.45) is 12.7. The Morgan fingerprint density at radius 2 is 1.78 bits per heavy atom. The molecule has 2 rings (SSSR count). The van der Waals surface area contributed by atoms with Gasteiger partial charge in [-0.25, -0.2) is 4.39 Å². The Labute approximate surface area is 275 Å². The molecule has 1 amide bonds. The third-order valence-corrected chi connectivity index (χ3v) is 7.95. The fraction of sp³-hybridized carbons (Fsp3) is 0.556. The molecule has 45 heavy (non-hydrogen) atoms. The maximum Gasteiger partial charge on any atom is 0.304 e. The minimum Gasteiger partial charge on any atom is -0.481 e. The molecule has 3 unspecified atom stereocenters. The number of carbonyl (C=O) groups excluding carboxylic acids is 2. The number of nitrogens with zero attached hydrogens (tertiary/aromatic N) is 2. The molecule has 1 aromatic carbocycles. The molecule has 252 valence electrons. The number of carbonyl (C=O) groups is 3. The van der Waals surface area contributed by atoms with Gasteiger partial charge in [-0.2, -0.15) is 0 Å². The largest absolute Gasteiger partial charge is 0.481 e. The zero-order valence-corrected chi connectivity index (χ0v) is 29.2. The summed E-state index contributed by atoms with van der Waals surface area (Å²) in [6.45, 7) is 14.9. The van der Waals surface area contributed by atoms with Crippen LogP contribution in [-0.4, -0.2) is 59.5 Å². The predicted octanol–water partition coefficient (Wildman–Crippen LogP) is 8.71. The van der Waals surface area contributed by atoms with Crippen molar-refractivity contribution in [3.8, 4) is 0 Å². The SMILES string of the molecule is CC.CCCC(CCC(/N=C(C)/C1=C(\F)C(Cl)C=C/C=C\C1)N(C=O)[C@H](C)c1ccc(C=O)cc1)C(C)C.CNCCC(=O)O. The zero-order valence-electron chi connectivity index (χ0n) is 28.4. The van der Waals surface area contributed by atoms with E-state index in [-0.39, 0.29) is 12.5 Å². The number of halogens is 2. The highest BCUT2D eigenvalue weighted by Gasteiger charge is 2.26. The number of benzene rings is 1. The van der Waals surface area contributed by atoms with E-state index in [1.165, 1.54) is 0 Å². The number of hydrogen-bond acceptors (Lipinski definition) is 5. The first kappa shape index (κ1) is 41.9. The zero-order chi connectivity index (χ0) is 34.4. The van der Waals surface area contributed by atoms with Crippen LogP contribution in [0.1, 0.15) is 109 Å². The van der Waals surface area contributed by atoms with Crippen molar-refractivity contribution in [1.29, 1.82) is 0 Å². The topological polar surface area (TPSA) is 99.1 Å². The molecular formula is C36H55ClFN3O4. The number of aliphatic carboxylic acids is 1. The normalized spacial score (nSPS) is 19.0. The first-order valence-electron chi connectivity index (χ1n) is 16.0. The number of carboxylic acids is 1. The van der Waals surface area contributed by atoms with Crippen LogP contribution in [-0.2, 0) is 9.59 Å². The van der Waals surface area contributed by atoms with Gasteiger partial charge in [0.25, 0.3) is 0 Å². The van der Waals surface area contributed by atoms with E-state index in [1.54, 1.807) is 43.2 Å². The van der Waals surface area contributed by atoms with Crippen LogP contribution in [0.2, 0.25) is 0 Å². The Kier molecular flexibility index (Phi) is 22.5. The molecule has 2 N–H and O–H groups in total. The van der Waals surface area contributed by atoms with E-state index in [0.717, 1.165) is 37.5 Å². The number of nitrogens with one attached hydrogen (secondary N) is 1. The lowest BCUT2D eigenvalue weighted by Crippen LogP contribution is -2.36. The summed E-state index contributed by atoms with van der Waals surface area (Å²) in [7, 11) is 1.73. The average Bonchev–Trinajstić information content (AvgIpc) is 3.03. The Morgan fingerprint density at radius 3 is 2.27 bits per heavy atom. The number of amides is 1. The number of rotatable bonds is 16. The summed E-state index contributed by atoms with van der Waals surface area (Å²) in [5.74, 6) is -0.123. The fourth-order valence-electron chi connectivity index (χ4n) is 4.90. The van der Waals surface area contributed by atoms with Gasteiger partial charge in [-0.15, -0.1) is 11.6 Å². The molecule has 0 radical (unpaired) electrons. The summed E-state index contributed by atoms with van der Waals surface area (Å²) >= 11 is 6.24. The molecule has 9 heteroatoms. The number of aliphatic imine (C=N–C) groups is 1. The average molecular weight is 648 g/mol. The van der Waals surface area contributed by atoms with Crippen molar-refractivity contribution in [2.45, 2.75) is 105 Å². The van der Waals surface area contributed by atoms with Gasteiger partial charge in [0.05, 0.1) is 12.5 Å². The quantitative estimate of drug-likeness (QED) is 0.106. The molecule has 4 atom stereocenters. The molecule has 0 aromatic heterocycles. The van der Waals surface area contributed by atoms with Gasteiger partial charge in [0.15, 0.2) is 0 Å². The minimum absolute atomic E-state index is 0.205. The van der Waals surface area contributed by atoms with Gasteiger partial charge in [-0.1, -0.05) is 96.0 Å². The van der Waals surface area contributed by atoms with E-state index in [2.05, 4.69) is 26.1 Å². The van der Waals surface area contributed by atoms with Crippen LogP contribution in [0.4, 0.5) is 4.39 Å². The number of hydrogen-bond donors (Lipinski definition) is 2. The lowest BCUT2D eigenvalue weighted by atomic mass is 9.86. The van der Waals surface area contributed by atoms with Crippen molar-refractivity contribution >= 4 is 36.0 Å². The summed E-state index contributed by atoms with van der Waals surface area (Å²) in [5.41, 5.74) is 2.50. The highest BCUT2D eigenvalue weighted by atomic mass is 35.5. The van der Waals surface area contributed by atoms with Gasteiger partial charge in [-0.05, 0) is 57.6 Å². The Hall–Kier alpha value is -3.10. The van der Waals surface area contributed by atoms with E-state index < -0.39 is 23.3 Å². The number of allylic oxidation sites excluding steroid dienone is 6. The molecule has 0 saturated heterocycles. The summed E-state index contributed by atoms with van der Waals surface area (Å²) in [6, 6.07) is 6.94. The molecule has 0 bridgehead atoms. The minimum atomic E-state index is -0.846. The molecule has 1 aromatic rings. The lowest BCUT2D eigenvalue weighted by Gasteiger charge is -2.33. The second kappa shape index (κ2) is 24.2. The highest BCUT2D eigenvalue weighted by Crippen LogP contribution is 2.30. The number of carboxylic acid groups (broad SMARTS) is 1.